The summed E-state index contributed by atoms with van der Waals surface area (Å²) in [6, 6.07) is 8.10. The summed E-state index contributed by atoms with van der Waals surface area (Å²) >= 11 is 0. The number of anilines is 1. The van der Waals surface area contributed by atoms with E-state index in [0.717, 1.165) is 43.9 Å². The Morgan fingerprint density at radius 2 is 2.00 bits per heavy atom. The Labute approximate surface area is 121 Å². The van der Waals surface area contributed by atoms with E-state index in [0.29, 0.717) is 0 Å². The molecule has 4 heteroatoms. The lowest BCUT2D eigenvalue weighted by Gasteiger charge is -2.38. The van der Waals surface area contributed by atoms with Gasteiger partial charge in [0, 0.05) is 43.5 Å². The zero-order chi connectivity index (χ0) is 14.5. The van der Waals surface area contributed by atoms with E-state index >= 15 is 0 Å². The van der Waals surface area contributed by atoms with E-state index in [1.165, 1.54) is 0 Å². The number of hydrogen-bond donors (Lipinski definition) is 1. The van der Waals surface area contributed by atoms with E-state index in [2.05, 4.69) is 31.1 Å². The van der Waals surface area contributed by atoms with Gasteiger partial charge in [-0.15, -0.1) is 0 Å². The molecule has 1 heterocycles. The Balaban J connectivity index is 2.01. The first-order valence-electron chi connectivity index (χ1n) is 7.45. The van der Waals surface area contributed by atoms with Gasteiger partial charge in [0.1, 0.15) is 0 Å². The second kappa shape index (κ2) is 6.75. The minimum atomic E-state index is 0.146. The highest BCUT2D eigenvalue weighted by Crippen LogP contribution is 2.15. The zero-order valence-corrected chi connectivity index (χ0v) is 12.7. The molecule has 1 N–H and O–H groups in total. The third-order valence-corrected chi connectivity index (χ3v) is 3.80. The van der Waals surface area contributed by atoms with Gasteiger partial charge in [-0.3, -0.25) is 4.79 Å². The SMILES string of the molecule is CCCNc1ccc(C(=O)N2CCN(C)CC2C)cc1. The zero-order valence-electron chi connectivity index (χ0n) is 12.7. The highest BCUT2D eigenvalue weighted by Gasteiger charge is 2.26. The van der Waals surface area contributed by atoms with E-state index in [4.69, 9.17) is 0 Å². The lowest BCUT2D eigenvalue weighted by Crippen LogP contribution is -2.52. The Kier molecular flexibility index (Phi) is 5.01. The molecule has 1 aliphatic heterocycles. The first-order valence-corrected chi connectivity index (χ1v) is 7.45. The molecule has 0 aromatic heterocycles. The fraction of sp³-hybridized carbons (Fsp3) is 0.562. The number of rotatable bonds is 4. The minimum Gasteiger partial charge on any atom is -0.385 e. The van der Waals surface area contributed by atoms with E-state index in [-0.39, 0.29) is 11.9 Å². The molecule has 1 saturated heterocycles. The number of benzene rings is 1. The molecule has 0 bridgehead atoms. The van der Waals surface area contributed by atoms with Gasteiger partial charge in [0.2, 0.25) is 0 Å². The number of piperazine rings is 1. The fourth-order valence-electron chi connectivity index (χ4n) is 2.61. The van der Waals surface area contributed by atoms with Crippen LogP contribution in [-0.4, -0.2) is 55.0 Å². The second-order valence-electron chi connectivity index (χ2n) is 5.61. The summed E-state index contributed by atoms with van der Waals surface area (Å²) in [4.78, 5) is 16.8. The molecule has 1 aliphatic rings. The van der Waals surface area contributed by atoms with Crippen LogP contribution in [0, 0.1) is 0 Å². The van der Waals surface area contributed by atoms with Gasteiger partial charge in [-0.25, -0.2) is 0 Å². The van der Waals surface area contributed by atoms with E-state index in [1.54, 1.807) is 0 Å². The van der Waals surface area contributed by atoms with Gasteiger partial charge in [-0.1, -0.05) is 6.92 Å². The van der Waals surface area contributed by atoms with Crippen LogP contribution in [0.4, 0.5) is 5.69 Å². The van der Waals surface area contributed by atoms with Gasteiger partial charge in [0.25, 0.3) is 5.91 Å². The number of hydrogen-bond acceptors (Lipinski definition) is 3. The predicted octanol–water partition coefficient (Wildman–Crippen LogP) is 2.28. The average molecular weight is 275 g/mol. The van der Waals surface area contributed by atoms with Gasteiger partial charge in [0.15, 0.2) is 0 Å². The van der Waals surface area contributed by atoms with Crippen LogP contribution < -0.4 is 5.32 Å². The van der Waals surface area contributed by atoms with Gasteiger partial charge in [0.05, 0.1) is 0 Å². The Hall–Kier alpha value is -1.55. The molecule has 1 amide bonds. The molecule has 110 valence electrons. The van der Waals surface area contributed by atoms with Crippen molar-refractivity contribution >= 4 is 11.6 Å². The molecule has 0 spiro atoms. The van der Waals surface area contributed by atoms with Crippen LogP contribution in [0.2, 0.25) is 0 Å². The van der Waals surface area contributed by atoms with Crippen molar-refractivity contribution in [2.45, 2.75) is 26.3 Å². The van der Waals surface area contributed by atoms with E-state index < -0.39 is 0 Å². The summed E-state index contributed by atoms with van der Waals surface area (Å²) < 4.78 is 0. The van der Waals surface area contributed by atoms with E-state index in [9.17, 15) is 4.79 Å². The molecular formula is C16H25N3O. The van der Waals surface area contributed by atoms with E-state index in [1.807, 2.05) is 29.2 Å². The standard InChI is InChI=1S/C16H25N3O/c1-4-9-17-15-7-5-14(6-8-15)16(20)19-11-10-18(3)12-13(19)2/h5-8,13,17H,4,9-12H2,1-3H3. The summed E-state index contributed by atoms with van der Waals surface area (Å²) in [5, 5.41) is 3.32. The summed E-state index contributed by atoms with van der Waals surface area (Å²) in [6.07, 6.45) is 1.10. The highest BCUT2D eigenvalue weighted by molar-refractivity contribution is 5.94. The molecular weight excluding hydrogens is 250 g/mol. The first kappa shape index (κ1) is 14.9. The Bertz CT molecular complexity index is 444. The second-order valence-corrected chi connectivity index (χ2v) is 5.61. The largest absolute Gasteiger partial charge is 0.385 e. The van der Waals surface area contributed by atoms with Crippen LogP contribution in [0.5, 0.6) is 0 Å². The first-order chi connectivity index (χ1) is 9.61. The maximum absolute atomic E-state index is 12.5. The van der Waals surface area contributed by atoms with Crippen molar-refractivity contribution in [1.82, 2.24) is 9.80 Å². The summed E-state index contributed by atoms with van der Waals surface area (Å²) in [5.41, 5.74) is 1.86. The lowest BCUT2D eigenvalue weighted by atomic mass is 10.1. The molecule has 0 radical (unpaired) electrons. The monoisotopic (exact) mass is 275 g/mol. The molecule has 0 aliphatic carbocycles. The van der Waals surface area contributed by atoms with Crippen LogP contribution in [0.1, 0.15) is 30.6 Å². The fourth-order valence-corrected chi connectivity index (χ4v) is 2.61. The molecule has 1 atom stereocenters. The number of nitrogens with zero attached hydrogens (tertiary/aromatic N) is 2. The molecule has 4 nitrogen and oxygen atoms in total. The number of carbonyl (C=O) groups excluding carboxylic acids is 1. The minimum absolute atomic E-state index is 0.146. The van der Waals surface area contributed by atoms with Crippen LogP contribution >= 0.6 is 0 Å². The van der Waals surface area contributed by atoms with Gasteiger partial charge in [-0.2, -0.15) is 0 Å². The average Bonchev–Trinajstić information content (AvgIpc) is 2.45. The topological polar surface area (TPSA) is 35.6 Å². The van der Waals surface area contributed by atoms with Crippen LogP contribution in [-0.2, 0) is 0 Å². The van der Waals surface area contributed by atoms with Crippen molar-refractivity contribution in [3.05, 3.63) is 29.8 Å². The van der Waals surface area contributed by atoms with Crippen molar-refractivity contribution < 1.29 is 4.79 Å². The van der Waals surface area contributed by atoms with Crippen LogP contribution in [0.25, 0.3) is 0 Å². The number of amides is 1. The normalized spacial score (nSPS) is 19.9. The molecule has 20 heavy (non-hydrogen) atoms. The Morgan fingerprint density at radius 3 is 2.60 bits per heavy atom. The molecule has 1 aromatic rings. The molecule has 0 saturated carbocycles. The van der Waals surface area contributed by atoms with Crippen LogP contribution in [0.3, 0.4) is 0 Å². The van der Waals surface area contributed by atoms with Crippen LogP contribution in [0.15, 0.2) is 24.3 Å². The molecule has 2 rings (SSSR count). The summed E-state index contributed by atoms with van der Waals surface area (Å²) in [6.45, 7) is 7.92. The van der Waals surface area contributed by atoms with Crippen molar-refractivity contribution in [2.75, 3.05) is 38.5 Å². The van der Waals surface area contributed by atoms with Gasteiger partial charge in [-0.05, 0) is 44.7 Å². The van der Waals surface area contributed by atoms with Crippen molar-refractivity contribution in [1.29, 1.82) is 0 Å². The van der Waals surface area contributed by atoms with Gasteiger partial charge < -0.3 is 15.1 Å². The number of carbonyl (C=O) groups is 1. The van der Waals surface area contributed by atoms with Crippen molar-refractivity contribution in [3.63, 3.8) is 0 Å². The highest BCUT2D eigenvalue weighted by atomic mass is 16.2. The third kappa shape index (κ3) is 3.51. The predicted molar refractivity (Wildman–Crippen MR) is 83.2 cm³/mol. The van der Waals surface area contributed by atoms with Crippen molar-refractivity contribution in [3.8, 4) is 0 Å². The summed E-state index contributed by atoms with van der Waals surface area (Å²) in [5.74, 6) is 0.146. The van der Waals surface area contributed by atoms with Gasteiger partial charge >= 0.3 is 0 Å². The third-order valence-electron chi connectivity index (χ3n) is 3.80. The van der Waals surface area contributed by atoms with Crippen molar-refractivity contribution in [2.24, 2.45) is 0 Å². The molecule has 1 unspecified atom stereocenters. The number of nitrogens with one attached hydrogen (secondary N) is 1. The maximum Gasteiger partial charge on any atom is 0.254 e. The maximum atomic E-state index is 12.5. The summed E-state index contributed by atoms with van der Waals surface area (Å²) in [7, 11) is 2.10. The number of likely N-dealkylation sites (N-methyl/N-ethyl adjacent to an activating group) is 1. The quantitative estimate of drug-likeness (QED) is 0.915. The lowest BCUT2D eigenvalue weighted by molar-refractivity contribution is 0.0533. The molecule has 1 aromatic carbocycles. The Morgan fingerprint density at radius 1 is 1.30 bits per heavy atom. The smallest absolute Gasteiger partial charge is 0.254 e. The molecule has 1 fully saturated rings.